The first kappa shape index (κ1) is 10.9. The van der Waals surface area contributed by atoms with Crippen molar-refractivity contribution < 1.29 is 14.1 Å². The lowest BCUT2D eigenvalue weighted by atomic mass is 10.1. The molecule has 2 heterocycles. The summed E-state index contributed by atoms with van der Waals surface area (Å²) in [4.78, 5) is 15.9. The molecule has 2 aliphatic rings. The number of carbonyl (C=O) groups excluding carboxylic acids is 1. The summed E-state index contributed by atoms with van der Waals surface area (Å²) in [6, 6.07) is 0. The molecule has 92 valence electrons. The number of aromatic nitrogens is 2. The Kier molecular flexibility index (Phi) is 2.93. The highest BCUT2D eigenvalue weighted by Gasteiger charge is 2.31. The van der Waals surface area contributed by atoms with Crippen LogP contribution in [0.25, 0.3) is 0 Å². The molecule has 1 aromatic rings. The topological polar surface area (TPSA) is 65.2 Å². The van der Waals surface area contributed by atoms with E-state index < -0.39 is 0 Å². The monoisotopic (exact) mass is 236 g/mol. The van der Waals surface area contributed by atoms with Crippen LogP contribution in [0.1, 0.15) is 49.7 Å². The summed E-state index contributed by atoms with van der Waals surface area (Å²) in [5, 5.41) is 3.94. The predicted molar refractivity (Wildman–Crippen MR) is 58.6 cm³/mol. The highest BCUT2D eigenvalue weighted by atomic mass is 16.5. The summed E-state index contributed by atoms with van der Waals surface area (Å²) < 4.78 is 10.7. The summed E-state index contributed by atoms with van der Waals surface area (Å²) in [6.45, 7) is 0.830. The number of nitrogens with zero attached hydrogens (tertiary/aromatic N) is 2. The average Bonchev–Trinajstić information content (AvgIpc) is 3.00. The van der Waals surface area contributed by atoms with Gasteiger partial charge in [0, 0.05) is 19.4 Å². The highest BCUT2D eigenvalue weighted by molar-refractivity contribution is 5.86. The number of ketones is 1. The first-order chi connectivity index (χ1) is 8.33. The molecular formula is C12H16N2O3. The van der Waals surface area contributed by atoms with Crippen LogP contribution in [-0.4, -0.2) is 28.6 Å². The summed E-state index contributed by atoms with van der Waals surface area (Å²) in [5.74, 6) is 1.25. The predicted octanol–water partition coefficient (Wildman–Crippen LogP) is 1.63. The number of carbonyl (C=O) groups is 1. The van der Waals surface area contributed by atoms with Gasteiger partial charge < -0.3 is 9.26 Å². The lowest BCUT2D eigenvalue weighted by Crippen LogP contribution is -2.10. The lowest BCUT2D eigenvalue weighted by Gasteiger charge is -2.04. The molecule has 2 fully saturated rings. The van der Waals surface area contributed by atoms with Gasteiger partial charge in [0.25, 0.3) is 0 Å². The molecule has 0 N–H and O–H groups in total. The maximum Gasteiger partial charge on any atom is 0.237 e. The van der Waals surface area contributed by atoms with Crippen LogP contribution in [0.5, 0.6) is 0 Å². The van der Waals surface area contributed by atoms with Gasteiger partial charge in [0.1, 0.15) is 5.78 Å². The number of ether oxygens (including phenoxy) is 1. The van der Waals surface area contributed by atoms with Crippen molar-refractivity contribution in [3.63, 3.8) is 0 Å². The second-order valence-corrected chi connectivity index (χ2v) is 4.80. The van der Waals surface area contributed by atoms with Gasteiger partial charge >= 0.3 is 0 Å². The molecule has 5 heteroatoms. The van der Waals surface area contributed by atoms with Gasteiger partial charge in [-0.05, 0) is 25.7 Å². The molecule has 5 nitrogen and oxygen atoms in total. The van der Waals surface area contributed by atoms with Crippen molar-refractivity contribution in [3.8, 4) is 0 Å². The zero-order valence-corrected chi connectivity index (χ0v) is 9.72. The van der Waals surface area contributed by atoms with E-state index in [4.69, 9.17) is 9.26 Å². The van der Waals surface area contributed by atoms with Gasteiger partial charge in [-0.2, -0.15) is 4.98 Å². The number of hydrogen-bond acceptors (Lipinski definition) is 5. The fourth-order valence-electron chi connectivity index (χ4n) is 2.58. The van der Waals surface area contributed by atoms with E-state index in [1.165, 1.54) is 0 Å². The van der Waals surface area contributed by atoms with Crippen LogP contribution in [0.2, 0.25) is 0 Å². The summed E-state index contributed by atoms with van der Waals surface area (Å²) in [6.07, 6.45) is 5.52. The van der Waals surface area contributed by atoms with Crippen molar-refractivity contribution in [1.82, 2.24) is 10.1 Å². The van der Waals surface area contributed by atoms with Crippen molar-refractivity contribution in [2.75, 3.05) is 6.61 Å². The number of rotatable bonds is 3. The minimum absolute atomic E-state index is 0.152. The van der Waals surface area contributed by atoms with Gasteiger partial charge in [0.2, 0.25) is 5.89 Å². The largest absolute Gasteiger partial charge is 0.378 e. The van der Waals surface area contributed by atoms with E-state index in [1.54, 1.807) is 0 Å². The molecule has 2 unspecified atom stereocenters. The second kappa shape index (κ2) is 4.56. The van der Waals surface area contributed by atoms with Crippen molar-refractivity contribution in [2.45, 2.75) is 50.5 Å². The maximum absolute atomic E-state index is 11.6. The molecule has 2 atom stereocenters. The molecule has 0 spiro atoms. The Morgan fingerprint density at radius 2 is 2.24 bits per heavy atom. The lowest BCUT2D eigenvalue weighted by molar-refractivity contribution is -0.119. The standard InChI is InChI=1S/C12H16N2O3/c15-10-5-1-4-9(10)12-13-11(14-17-12)7-8-3-2-6-16-8/h8-9H,1-7H2. The third-order valence-corrected chi connectivity index (χ3v) is 3.52. The smallest absolute Gasteiger partial charge is 0.237 e. The van der Waals surface area contributed by atoms with Crippen LogP contribution in [0.15, 0.2) is 4.52 Å². The van der Waals surface area contributed by atoms with E-state index in [9.17, 15) is 4.79 Å². The van der Waals surface area contributed by atoms with E-state index >= 15 is 0 Å². The van der Waals surface area contributed by atoms with Crippen LogP contribution in [0.4, 0.5) is 0 Å². The van der Waals surface area contributed by atoms with Gasteiger partial charge in [0.05, 0.1) is 12.0 Å². The first-order valence-corrected chi connectivity index (χ1v) is 6.30. The average molecular weight is 236 g/mol. The first-order valence-electron chi connectivity index (χ1n) is 6.30. The van der Waals surface area contributed by atoms with Gasteiger partial charge in [0.15, 0.2) is 5.82 Å². The van der Waals surface area contributed by atoms with Gasteiger partial charge in [-0.25, -0.2) is 0 Å². The molecule has 0 amide bonds. The fourth-order valence-corrected chi connectivity index (χ4v) is 2.58. The van der Waals surface area contributed by atoms with Crippen LogP contribution in [0.3, 0.4) is 0 Å². The third kappa shape index (κ3) is 2.24. The minimum Gasteiger partial charge on any atom is -0.378 e. The normalized spacial score (nSPS) is 29.1. The Morgan fingerprint density at radius 1 is 1.29 bits per heavy atom. The Bertz CT molecular complexity index is 410. The second-order valence-electron chi connectivity index (χ2n) is 4.80. The highest BCUT2D eigenvalue weighted by Crippen LogP contribution is 2.30. The van der Waals surface area contributed by atoms with Crippen molar-refractivity contribution in [1.29, 1.82) is 0 Å². The molecule has 1 saturated carbocycles. The molecular weight excluding hydrogens is 220 g/mol. The minimum atomic E-state index is -0.152. The summed E-state index contributed by atoms with van der Waals surface area (Å²) in [7, 11) is 0. The molecule has 3 rings (SSSR count). The Balaban J connectivity index is 1.67. The molecule has 1 aromatic heterocycles. The van der Waals surface area contributed by atoms with Gasteiger partial charge in [-0.1, -0.05) is 5.16 Å². The van der Waals surface area contributed by atoms with E-state index in [-0.39, 0.29) is 17.8 Å². The molecule has 1 aliphatic carbocycles. The van der Waals surface area contributed by atoms with Gasteiger partial charge in [-0.3, -0.25) is 4.79 Å². The molecule has 1 saturated heterocycles. The molecule has 0 radical (unpaired) electrons. The molecule has 17 heavy (non-hydrogen) atoms. The third-order valence-electron chi connectivity index (χ3n) is 3.52. The van der Waals surface area contributed by atoms with E-state index in [1.807, 2.05) is 0 Å². The zero-order chi connectivity index (χ0) is 11.7. The molecule has 1 aliphatic heterocycles. The number of Topliss-reactive ketones (excluding diaryl/α,β-unsaturated/α-hetero) is 1. The van der Waals surface area contributed by atoms with Crippen LogP contribution < -0.4 is 0 Å². The summed E-state index contributed by atoms with van der Waals surface area (Å²) in [5.41, 5.74) is 0. The maximum atomic E-state index is 11.6. The van der Waals surface area contributed by atoms with Crippen molar-refractivity contribution >= 4 is 5.78 Å². The fraction of sp³-hybridized carbons (Fsp3) is 0.750. The summed E-state index contributed by atoms with van der Waals surface area (Å²) >= 11 is 0. The Labute approximate surface area is 99.5 Å². The van der Waals surface area contributed by atoms with E-state index in [2.05, 4.69) is 10.1 Å². The van der Waals surface area contributed by atoms with Crippen LogP contribution >= 0.6 is 0 Å². The van der Waals surface area contributed by atoms with Crippen LogP contribution in [0, 0.1) is 0 Å². The van der Waals surface area contributed by atoms with Crippen molar-refractivity contribution in [2.24, 2.45) is 0 Å². The van der Waals surface area contributed by atoms with Crippen molar-refractivity contribution in [3.05, 3.63) is 11.7 Å². The Hall–Kier alpha value is -1.23. The van der Waals surface area contributed by atoms with Crippen LogP contribution in [-0.2, 0) is 16.0 Å². The van der Waals surface area contributed by atoms with E-state index in [0.29, 0.717) is 24.6 Å². The van der Waals surface area contributed by atoms with Gasteiger partial charge in [-0.15, -0.1) is 0 Å². The zero-order valence-electron chi connectivity index (χ0n) is 9.72. The molecule has 0 aromatic carbocycles. The number of hydrogen-bond donors (Lipinski definition) is 0. The SMILES string of the molecule is O=C1CCCC1c1nc(CC2CCCO2)no1. The Morgan fingerprint density at radius 3 is 2.94 bits per heavy atom. The molecule has 0 bridgehead atoms. The quantitative estimate of drug-likeness (QED) is 0.798. The van der Waals surface area contributed by atoms with E-state index in [0.717, 1.165) is 32.3 Å².